The van der Waals surface area contributed by atoms with Crippen molar-refractivity contribution >= 4 is 21.6 Å². The Kier molecular flexibility index (Phi) is 6.67. The van der Waals surface area contributed by atoms with Crippen molar-refractivity contribution < 1.29 is 13.2 Å². The molecule has 28 heavy (non-hydrogen) atoms. The summed E-state index contributed by atoms with van der Waals surface area (Å²) in [6.45, 7) is 11.9. The van der Waals surface area contributed by atoms with Gasteiger partial charge in [-0.25, -0.2) is 8.42 Å². The molecule has 150 valence electrons. The molecule has 0 radical (unpaired) electrons. The molecule has 0 spiro atoms. The molecule has 0 unspecified atom stereocenters. The first-order valence-corrected chi connectivity index (χ1v) is 11.0. The van der Waals surface area contributed by atoms with Crippen molar-refractivity contribution in [3.63, 3.8) is 0 Å². The van der Waals surface area contributed by atoms with E-state index in [1.807, 2.05) is 13.8 Å². The van der Waals surface area contributed by atoms with Gasteiger partial charge in [0.1, 0.15) is 0 Å². The van der Waals surface area contributed by atoms with Crippen LogP contribution in [-0.2, 0) is 10.0 Å². The summed E-state index contributed by atoms with van der Waals surface area (Å²) in [5, 5.41) is 3.02. The second-order valence-electron chi connectivity index (χ2n) is 7.12. The second-order valence-corrected chi connectivity index (χ2v) is 9.02. The highest BCUT2D eigenvalue weighted by Crippen LogP contribution is 2.23. The van der Waals surface area contributed by atoms with Crippen LogP contribution in [0.2, 0.25) is 0 Å². The molecule has 1 amide bonds. The molecule has 2 rings (SSSR count). The Hall–Kier alpha value is -2.60. The van der Waals surface area contributed by atoms with Gasteiger partial charge in [-0.2, -0.15) is 0 Å². The van der Waals surface area contributed by atoms with Crippen LogP contribution in [0, 0.1) is 20.8 Å². The minimum absolute atomic E-state index is 0.139. The molecule has 1 N–H and O–H groups in total. The molecule has 0 aromatic heterocycles. The predicted octanol–water partition coefficient (Wildman–Crippen LogP) is 4.05. The highest BCUT2D eigenvalue weighted by molar-refractivity contribution is 7.92. The molecular formula is C22H28N2O3S. The van der Waals surface area contributed by atoms with Crippen LogP contribution in [0.4, 0.5) is 5.69 Å². The van der Waals surface area contributed by atoms with E-state index in [1.54, 1.807) is 24.3 Å². The second kappa shape index (κ2) is 8.61. The molecule has 0 bridgehead atoms. The number of nitrogens with one attached hydrogen (secondary N) is 1. The molecule has 5 nitrogen and oxygen atoms in total. The molecule has 0 aliphatic carbocycles. The number of aryl methyl sites for hydroxylation is 3. The lowest BCUT2D eigenvalue weighted by Gasteiger charge is -2.21. The molecule has 1 atom stereocenters. The van der Waals surface area contributed by atoms with E-state index in [2.05, 4.69) is 37.9 Å². The van der Waals surface area contributed by atoms with Crippen LogP contribution < -0.4 is 9.62 Å². The fraction of sp³-hybridized carbons (Fsp3) is 0.318. The van der Waals surface area contributed by atoms with Crippen LogP contribution in [0.25, 0.3) is 0 Å². The fourth-order valence-corrected chi connectivity index (χ4v) is 4.02. The Morgan fingerprint density at radius 3 is 2.21 bits per heavy atom. The Morgan fingerprint density at radius 1 is 1.11 bits per heavy atom. The van der Waals surface area contributed by atoms with E-state index in [9.17, 15) is 13.2 Å². The van der Waals surface area contributed by atoms with Crippen molar-refractivity contribution in [3.05, 3.63) is 76.9 Å². The third-order valence-corrected chi connectivity index (χ3v) is 5.97. The zero-order chi connectivity index (χ0) is 21.1. The first-order chi connectivity index (χ1) is 13.0. The zero-order valence-electron chi connectivity index (χ0n) is 17.1. The van der Waals surface area contributed by atoms with Gasteiger partial charge in [0.2, 0.25) is 10.0 Å². The van der Waals surface area contributed by atoms with Crippen LogP contribution in [0.1, 0.15) is 45.6 Å². The number of sulfonamides is 1. The smallest absolute Gasteiger partial charge is 0.251 e. The van der Waals surface area contributed by atoms with Crippen LogP contribution in [-0.4, -0.2) is 27.1 Å². The number of carbonyl (C=O) groups excluding carboxylic acids is 1. The van der Waals surface area contributed by atoms with E-state index in [4.69, 9.17) is 0 Å². The standard InChI is InChI=1S/C22H28N2O3S/c1-7-12-24(28(6,26)27)20-10-8-19(9-11-20)22(25)23-18(5)21-14-16(3)15(2)13-17(21)4/h7-11,13-14,18H,1,12H2,2-6H3,(H,23,25)/t18-/m1/s1. The molecule has 0 aliphatic heterocycles. The van der Waals surface area contributed by atoms with E-state index in [0.29, 0.717) is 11.3 Å². The van der Waals surface area contributed by atoms with E-state index in [-0.39, 0.29) is 18.5 Å². The van der Waals surface area contributed by atoms with Gasteiger partial charge in [0.25, 0.3) is 5.91 Å². The highest BCUT2D eigenvalue weighted by Gasteiger charge is 2.18. The molecular weight excluding hydrogens is 372 g/mol. The normalized spacial score (nSPS) is 12.3. The van der Waals surface area contributed by atoms with Gasteiger partial charge >= 0.3 is 0 Å². The third-order valence-electron chi connectivity index (χ3n) is 4.81. The van der Waals surface area contributed by atoms with Gasteiger partial charge in [-0.1, -0.05) is 18.2 Å². The largest absolute Gasteiger partial charge is 0.346 e. The summed E-state index contributed by atoms with van der Waals surface area (Å²) in [6.07, 6.45) is 2.67. The Morgan fingerprint density at radius 2 is 1.68 bits per heavy atom. The van der Waals surface area contributed by atoms with Gasteiger partial charge in [0.15, 0.2) is 0 Å². The quantitative estimate of drug-likeness (QED) is 0.713. The number of rotatable bonds is 7. The number of hydrogen-bond donors (Lipinski definition) is 1. The SMILES string of the molecule is C=CCN(c1ccc(C(=O)N[C@H](C)c2cc(C)c(C)cc2C)cc1)S(C)(=O)=O. The maximum atomic E-state index is 12.6. The molecule has 0 aliphatic rings. The Bertz CT molecular complexity index is 980. The van der Waals surface area contributed by atoms with E-state index in [1.165, 1.54) is 21.5 Å². The van der Waals surface area contributed by atoms with E-state index < -0.39 is 10.0 Å². The topological polar surface area (TPSA) is 66.5 Å². The number of anilines is 1. The molecule has 0 saturated heterocycles. The summed E-state index contributed by atoms with van der Waals surface area (Å²) in [5.74, 6) is -0.202. The van der Waals surface area contributed by atoms with Crippen molar-refractivity contribution in [2.45, 2.75) is 33.7 Å². The molecule has 0 saturated carbocycles. The van der Waals surface area contributed by atoms with Crippen molar-refractivity contribution in [3.8, 4) is 0 Å². The maximum absolute atomic E-state index is 12.6. The van der Waals surface area contributed by atoms with Crippen molar-refractivity contribution in [1.29, 1.82) is 0 Å². The summed E-state index contributed by atoms with van der Waals surface area (Å²) < 4.78 is 25.1. The molecule has 0 fully saturated rings. The van der Waals surface area contributed by atoms with Crippen LogP contribution >= 0.6 is 0 Å². The number of carbonyl (C=O) groups is 1. The highest BCUT2D eigenvalue weighted by atomic mass is 32.2. The summed E-state index contributed by atoms with van der Waals surface area (Å²) in [7, 11) is -3.42. The minimum atomic E-state index is -3.42. The lowest BCUT2D eigenvalue weighted by Crippen LogP contribution is -2.30. The van der Waals surface area contributed by atoms with Crippen LogP contribution in [0.15, 0.2) is 49.1 Å². The maximum Gasteiger partial charge on any atom is 0.251 e. The fourth-order valence-electron chi connectivity index (χ4n) is 3.14. The summed E-state index contributed by atoms with van der Waals surface area (Å²) in [4.78, 5) is 12.6. The monoisotopic (exact) mass is 400 g/mol. The van der Waals surface area contributed by atoms with Crippen LogP contribution in [0.3, 0.4) is 0 Å². The molecule has 2 aromatic rings. The lowest BCUT2D eigenvalue weighted by molar-refractivity contribution is 0.0940. The molecule has 6 heteroatoms. The van der Waals surface area contributed by atoms with Gasteiger partial charge in [-0.05, 0) is 74.2 Å². The first-order valence-electron chi connectivity index (χ1n) is 9.12. The van der Waals surface area contributed by atoms with Crippen molar-refractivity contribution in [1.82, 2.24) is 5.32 Å². The summed E-state index contributed by atoms with van der Waals surface area (Å²) in [6, 6.07) is 10.6. The molecule has 0 heterocycles. The third kappa shape index (κ3) is 5.01. The minimum Gasteiger partial charge on any atom is -0.346 e. The van der Waals surface area contributed by atoms with Gasteiger partial charge in [0.05, 0.1) is 24.5 Å². The Labute approximate surface area is 168 Å². The number of amides is 1. The van der Waals surface area contributed by atoms with Crippen molar-refractivity contribution in [2.24, 2.45) is 0 Å². The van der Waals surface area contributed by atoms with Crippen molar-refractivity contribution in [2.75, 3.05) is 17.1 Å². The number of nitrogens with zero attached hydrogens (tertiary/aromatic N) is 1. The average Bonchev–Trinajstić information content (AvgIpc) is 2.61. The predicted molar refractivity (Wildman–Crippen MR) is 115 cm³/mol. The first kappa shape index (κ1) is 21.7. The zero-order valence-corrected chi connectivity index (χ0v) is 17.9. The number of hydrogen-bond acceptors (Lipinski definition) is 3. The lowest BCUT2D eigenvalue weighted by atomic mass is 9.96. The summed E-state index contributed by atoms with van der Waals surface area (Å²) in [5.41, 5.74) is 5.61. The van der Waals surface area contributed by atoms with Gasteiger partial charge < -0.3 is 5.32 Å². The van der Waals surface area contributed by atoms with E-state index in [0.717, 1.165) is 17.4 Å². The van der Waals surface area contributed by atoms with Gasteiger partial charge in [0, 0.05) is 5.56 Å². The molecule has 2 aromatic carbocycles. The van der Waals surface area contributed by atoms with E-state index >= 15 is 0 Å². The number of benzene rings is 2. The average molecular weight is 401 g/mol. The van der Waals surface area contributed by atoms with Gasteiger partial charge in [-0.3, -0.25) is 9.10 Å². The van der Waals surface area contributed by atoms with Crippen LogP contribution in [0.5, 0.6) is 0 Å². The summed E-state index contributed by atoms with van der Waals surface area (Å²) >= 11 is 0. The Balaban J connectivity index is 2.19. The van der Waals surface area contributed by atoms with Gasteiger partial charge in [-0.15, -0.1) is 6.58 Å².